The molecule has 0 aliphatic rings. The van der Waals surface area contributed by atoms with Crippen LogP contribution < -0.4 is 14.2 Å². The molecule has 0 aliphatic carbocycles. The van der Waals surface area contributed by atoms with Crippen molar-refractivity contribution in [1.29, 1.82) is 0 Å². The molecule has 0 aromatic heterocycles. The van der Waals surface area contributed by atoms with Crippen molar-refractivity contribution >= 4 is 22.0 Å². The minimum atomic E-state index is -4.34. The molecule has 2 aromatic carbocycles. The molecule has 0 aliphatic heterocycles. The fourth-order valence-electron chi connectivity index (χ4n) is 2.20. The molecule has 1 N–H and O–H groups in total. The van der Waals surface area contributed by atoms with Crippen molar-refractivity contribution in [2.75, 3.05) is 20.8 Å². The Morgan fingerprint density at radius 3 is 2.54 bits per heavy atom. The monoisotopic (exact) mass is 405 g/mol. The molecule has 2 aromatic rings. The number of esters is 1. The Hall–Kier alpha value is -3.33. The number of carbonyl (C=O) groups excluding carboxylic acids is 2. The lowest BCUT2D eigenvalue weighted by molar-refractivity contribution is 0.0598. The van der Waals surface area contributed by atoms with Crippen LogP contribution in [0.5, 0.6) is 11.5 Å². The van der Waals surface area contributed by atoms with E-state index in [-0.39, 0.29) is 34.1 Å². The van der Waals surface area contributed by atoms with Crippen LogP contribution in [-0.2, 0) is 14.9 Å². The molecule has 28 heavy (non-hydrogen) atoms. The van der Waals surface area contributed by atoms with Crippen LogP contribution in [-0.4, -0.2) is 41.1 Å². The van der Waals surface area contributed by atoms with Gasteiger partial charge in [-0.3, -0.25) is 4.79 Å². The summed E-state index contributed by atoms with van der Waals surface area (Å²) in [5, 5.41) is 2.55. The number of hydrogen-bond acceptors (Lipinski definition) is 7. The Balaban J connectivity index is 2.40. The first-order valence-electron chi connectivity index (χ1n) is 8.02. The van der Waals surface area contributed by atoms with Crippen molar-refractivity contribution in [3.8, 4) is 11.5 Å². The number of nitrogens with one attached hydrogen (secondary N) is 1. The number of benzene rings is 2. The highest BCUT2D eigenvalue weighted by Gasteiger charge is 2.23. The average molecular weight is 405 g/mol. The summed E-state index contributed by atoms with van der Waals surface area (Å²) in [5.41, 5.74) is 0.0390. The molecule has 0 spiro atoms. The fraction of sp³-hybridized carbons (Fsp3) is 0.158. The molecule has 0 atom stereocenters. The molecule has 2 rings (SSSR count). The highest BCUT2D eigenvalue weighted by atomic mass is 32.2. The molecular weight excluding hydrogens is 386 g/mol. The van der Waals surface area contributed by atoms with Crippen LogP contribution in [0.2, 0.25) is 0 Å². The second-order valence-corrected chi connectivity index (χ2v) is 6.96. The number of hydrogen-bond donors (Lipinski definition) is 1. The van der Waals surface area contributed by atoms with Gasteiger partial charge in [0.05, 0.1) is 14.2 Å². The Labute approximate surface area is 162 Å². The first-order valence-corrected chi connectivity index (χ1v) is 9.43. The van der Waals surface area contributed by atoms with Crippen LogP contribution in [0.25, 0.3) is 0 Å². The smallest absolute Gasteiger partial charge is 0.341 e. The first-order chi connectivity index (χ1) is 13.3. The van der Waals surface area contributed by atoms with Gasteiger partial charge in [-0.15, -0.1) is 6.58 Å². The van der Waals surface area contributed by atoms with E-state index >= 15 is 0 Å². The summed E-state index contributed by atoms with van der Waals surface area (Å²) in [6.07, 6.45) is 1.50. The fourth-order valence-corrected chi connectivity index (χ4v) is 3.19. The topological polar surface area (TPSA) is 108 Å². The van der Waals surface area contributed by atoms with Crippen molar-refractivity contribution in [1.82, 2.24) is 5.32 Å². The number of rotatable bonds is 8. The number of amides is 1. The minimum absolute atomic E-state index is 0.0910. The van der Waals surface area contributed by atoms with E-state index in [4.69, 9.17) is 8.92 Å². The summed E-state index contributed by atoms with van der Waals surface area (Å²) < 4.78 is 40.2. The Kier molecular flexibility index (Phi) is 6.78. The van der Waals surface area contributed by atoms with Crippen molar-refractivity contribution in [3.63, 3.8) is 0 Å². The van der Waals surface area contributed by atoms with Crippen LogP contribution in [0.4, 0.5) is 0 Å². The van der Waals surface area contributed by atoms with Crippen molar-refractivity contribution < 1.29 is 31.7 Å². The standard InChI is InChI=1S/C19H19NO7S/c1-4-10-20-18(21)13-6-5-7-15(11-13)28(23,24)27-17-12-14(25-2)8-9-16(17)19(22)26-3/h4-9,11-12H,1,10H2,2-3H3,(H,20,21). The van der Waals surface area contributed by atoms with Gasteiger partial charge >= 0.3 is 16.1 Å². The van der Waals surface area contributed by atoms with Crippen LogP contribution in [0.15, 0.2) is 60.0 Å². The van der Waals surface area contributed by atoms with Gasteiger partial charge in [-0.05, 0) is 30.3 Å². The second kappa shape index (κ2) is 9.05. The largest absolute Gasteiger partial charge is 0.497 e. The van der Waals surface area contributed by atoms with Crippen LogP contribution in [0.1, 0.15) is 20.7 Å². The summed E-state index contributed by atoms with van der Waals surface area (Å²) in [6.45, 7) is 3.73. The van der Waals surface area contributed by atoms with Crippen LogP contribution in [0.3, 0.4) is 0 Å². The molecule has 0 radical (unpaired) electrons. The summed E-state index contributed by atoms with van der Waals surface area (Å²) in [7, 11) is -1.79. The zero-order chi connectivity index (χ0) is 20.7. The van der Waals surface area contributed by atoms with E-state index in [1.54, 1.807) is 0 Å². The van der Waals surface area contributed by atoms with E-state index in [1.807, 2.05) is 0 Å². The molecule has 0 heterocycles. The van der Waals surface area contributed by atoms with E-state index < -0.39 is 22.0 Å². The third-order valence-corrected chi connectivity index (χ3v) is 4.82. The van der Waals surface area contributed by atoms with Gasteiger partial charge in [0.25, 0.3) is 5.91 Å². The summed E-state index contributed by atoms with van der Waals surface area (Å²) >= 11 is 0. The number of ether oxygens (including phenoxy) is 2. The maximum absolute atomic E-state index is 12.7. The maximum atomic E-state index is 12.7. The Morgan fingerprint density at radius 1 is 1.14 bits per heavy atom. The molecule has 0 unspecified atom stereocenters. The zero-order valence-electron chi connectivity index (χ0n) is 15.3. The Bertz CT molecular complexity index is 999. The molecule has 9 heteroatoms. The van der Waals surface area contributed by atoms with Crippen LogP contribution in [0, 0.1) is 0 Å². The van der Waals surface area contributed by atoms with E-state index in [9.17, 15) is 18.0 Å². The summed E-state index contributed by atoms with van der Waals surface area (Å²) in [4.78, 5) is 23.7. The minimum Gasteiger partial charge on any atom is -0.497 e. The molecule has 148 valence electrons. The average Bonchev–Trinajstić information content (AvgIpc) is 2.71. The van der Waals surface area contributed by atoms with Gasteiger partial charge in [0.15, 0.2) is 5.75 Å². The third-order valence-electron chi connectivity index (χ3n) is 3.59. The second-order valence-electron chi connectivity index (χ2n) is 5.42. The zero-order valence-corrected chi connectivity index (χ0v) is 16.1. The SMILES string of the molecule is C=CCNC(=O)c1cccc(S(=O)(=O)Oc2cc(OC)ccc2C(=O)OC)c1. The Morgan fingerprint density at radius 2 is 1.89 bits per heavy atom. The lowest BCUT2D eigenvalue weighted by Gasteiger charge is -2.12. The van der Waals surface area contributed by atoms with Gasteiger partial charge in [-0.25, -0.2) is 4.79 Å². The number of methoxy groups -OCH3 is 2. The predicted molar refractivity (Wildman–Crippen MR) is 101 cm³/mol. The van der Waals surface area contributed by atoms with Gasteiger partial charge in [-0.2, -0.15) is 8.42 Å². The van der Waals surface area contributed by atoms with Gasteiger partial charge < -0.3 is 19.0 Å². The van der Waals surface area contributed by atoms with Crippen molar-refractivity contribution in [2.45, 2.75) is 4.90 Å². The lowest BCUT2D eigenvalue weighted by atomic mass is 10.2. The van der Waals surface area contributed by atoms with E-state index in [0.29, 0.717) is 0 Å². The van der Waals surface area contributed by atoms with Crippen molar-refractivity contribution in [3.05, 3.63) is 66.2 Å². The molecule has 0 saturated carbocycles. The van der Waals surface area contributed by atoms with E-state index in [2.05, 4.69) is 16.6 Å². The summed E-state index contributed by atoms with van der Waals surface area (Å²) in [6, 6.07) is 9.37. The predicted octanol–water partition coefficient (Wildman–Crippen LogP) is 2.17. The molecule has 0 bridgehead atoms. The lowest BCUT2D eigenvalue weighted by Crippen LogP contribution is -2.23. The van der Waals surface area contributed by atoms with Gasteiger partial charge in [-0.1, -0.05) is 12.1 Å². The molecule has 0 saturated heterocycles. The van der Waals surface area contributed by atoms with E-state index in [1.165, 1.54) is 55.7 Å². The number of carbonyl (C=O) groups is 2. The van der Waals surface area contributed by atoms with Crippen LogP contribution >= 0.6 is 0 Å². The van der Waals surface area contributed by atoms with Gasteiger partial charge in [0, 0.05) is 18.2 Å². The first kappa shape index (κ1) is 21.0. The third kappa shape index (κ3) is 4.89. The molecule has 1 amide bonds. The molecule has 0 fully saturated rings. The molecular formula is C19H19NO7S. The van der Waals surface area contributed by atoms with Gasteiger partial charge in [0.1, 0.15) is 16.2 Å². The highest BCUT2D eigenvalue weighted by molar-refractivity contribution is 7.87. The molecule has 8 nitrogen and oxygen atoms in total. The maximum Gasteiger partial charge on any atom is 0.341 e. The normalized spacial score (nSPS) is 10.6. The quantitative estimate of drug-likeness (QED) is 0.407. The van der Waals surface area contributed by atoms with Gasteiger partial charge in [0.2, 0.25) is 0 Å². The van der Waals surface area contributed by atoms with Crippen molar-refractivity contribution in [2.24, 2.45) is 0 Å². The highest BCUT2D eigenvalue weighted by Crippen LogP contribution is 2.28. The van der Waals surface area contributed by atoms with E-state index in [0.717, 1.165) is 7.11 Å². The summed E-state index contributed by atoms with van der Waals surface area (Å²) in [5.74, 6) is -1.21.